The molecule has 1 aliphatic heterocycles. The third-order valence-corrected chi connectivity index (χ3v) is 2.65. The first-order valence-corrected chi connectivity index (χ1v) is 5.81. The van der Waals surface area contributed by atoms with E-state index in [2.05, 4.69) is 6.58 Å². The molecule has 0 atom stereocenters. The minimum absolute atomic E-state index is 0.276. The van der Waals surface area contributed by atoms with Crippen molar-refractivity contribution in [1.82, 2.24) is 4.90 Å². The van der Waals surface area contributed by atoms with Crippen molar-refractivity contribution < 1.29 is 14.3 Å². The minimum Gasteiger partial charge on any atom is -0.463 e. The van der Waals surface area contributed by atoms with Gasteiger partial charge in [-0.2, -0.15) is 0 Å². The molecule has 16 heavy (non-hydrogen) atoms. The largest absolute Gasteiger partial charge is 0.463 e. The summed E-state index contributed by atoms with van der Waals surface area (Å²) in [7, 11) is 0. The van der Waals surface area contributed by atoms with Gasteiger partial charge in [0.2, 0.25) is 5.91 Å². The second kappa shape index (κ2) is 7.04. The minimum atomic E-state index is -0.366. The molecule has 0 unspecified atom stereocenters. The fourth-order valence-electron chi connectivity index (χ4n) is 1.75. The Morgan fingerprint density at radius 2 is 2.25 bits per heavy atom. The first-order valence-electron chi connectivity index (χ1n) is 5.81. The van der Waals surface area contributed by atoms with Crippen LogP contribution < -0.4 is 0 Å². The van der Waals surface area contributed by atoms with Crippen LogP contribution in [0.15, 0.2) is 12.7 Å². The number of ether oxygens (including phenoxy) is 1. The summed E-state index contributed by atoms with van der Waals surface area (Å²) in [5.74, 6) is -0.0900. The first kappa shape index (κ1) is 12.7. The zero-order chi connectivity index (χ0) is 11.8. The van der Waals surface area contributed by atoms with Gasteiger partial charge in [-0.3, -0.25) is 4.79 Å². The van der Waals surface area contributed by atoms with Crippen molar-refractivity contribution >= 4 is 11.9 Å². The normalized spacial score (nSPS) is 15.2. The Morgan fingerprint density at radius 1 is 1.44 bits per heavy atom. The molecule has 0 spiro atoms. The third kappa shape index (κ3) is 4.47. The molecule has 0 saturated carbocycles. The van der Waals surface area contributed by atoms with Crippen LogP contribution in [0.1, 0.15) is 32.1 Å². The molecule has 0 bridgehead atoms. The van der Waals surface area contributed by atoms with Crippen molar-refractivity contribution in [3.8, 4) is 0 Å². The van der Waals surface area contributed by atoms with E-state index in [1.807, 2.05) is 4.90 Å². The van der Waals surface area contributed by atoms with Crippen LogP contribution in [0.4, 0.5) is 0 Å². The summed E-state index contributed by atoms with van der Waals surface area (Å²) in [6.07, 6.45) is 5.68. The van der Waals surface area contributed by atoms with Gasteiger partial charge in [0.1, 0.15) is 0 Å². The molecule has 4 heteroatoms. The molecule has 1 aliphatic rings. The Labute approximate surface area is 96.3 Å². The van der Waals surface area contributed by atoms with Crippen LogP contribution in [0, 0.1) is 0 Å². The van der Waals surface area contributed by atoms with E-state index in [4.69, 9.17) is 4.74 Å². The Balaban J connectivity index is 1.93. The molecule has 4 nitrogen and oxygen atoms in total. The van der Waals surface area contributed by atoms with E-state index in [1.165, 1.54) is 6.08 Å². The number of unbranched alkanes of at least 4 members (excludes halogenated alkanes) is 2. The van der Waals surface area contributed by atoms with Crippen LogP contribution >= 0.6 is 0 Å². The monoisotopic (exact) mass is 225 g/mol. The van der Waals surface area contributed by atoms with Crippen molar-refractivity contribution in [3.05, 3.63) is 12.7 Å². The molecular weight excluding hydrogens is 206 g/mol. The standard InChI is InChI=1S/C12H19NO3/c1-2-12(15)16-10-5-3-4-8-13-9-6-7-11(13)14/h2H,1,3-10H2. The van der Waals surface area contributed by atoms with Crippen molar-refractivity contribution in [1.29, 1.82) is 0 Å². The number of hydrogen-bond acceptors (Lipinski definition) is 3. The quantitative estimate of drug-likeness (QED) is 0.375. The number of esters is 1. The fourth-order valence-corrected chi connectivity index (χ4v) is 1.75. The average Bonchev–Trinajstić information content (AvgIpc) is 2.69. The maximum Gasteiger partial charge on any atom is 0.330 e. The summed E-state index contributed by atoms with van der Waals surface area (Å²) >= 11 is 0. The van der Waals surface area contributed by atoms with E-state index in [0.717, 1.165) is 38.8 Å². The molecule has 0 N–H and O–H groups in total. The van der Waals surface area contributed by atoms with Gasteiger partial charge < -0.3 is 9.64 Å². The van der Waals surface area contributed by atoms with Gasteiger partial charge in [0, 0.05) is 25.6 Å². The number of rotatable bonds is 7. The van der Waals surface area contributed by atoms with Gasteiger partial charge in [-0.05, 0) is 25.7 Å². The van der Waals surface area contributed by atoms with Crippen LogP contribution in [0.2, 0.25) is 0 Å². The Morgan fingerprint density at radius 3 is 2.88 bits per heavy atom. The lowest BCUT2D eigenvalue weighted by Crippen LogP contribution is -2.25. The van der Waals surface area contributed by atoms with E-state index < -0.39 is 0 Å². The fraction of sp³-hybridized carbons (Fsp3) is 0.667. The highest BCUT2D eigenvalue weighted by molar-refractivity contribution is 5.81. The number of likely N-dealkylation sites (tertiary alicyclic amines) is 1. The molecule has 0 aromatic heterocycles. The van der Waals surface area contributed by atoms with Gasteiger partial charge in [-0.1, -0.05) is 6.58 Å². The number of carbonyl (C=O) groups is 2. The maximum atomic E-state index is 11.3. The summed E-state index contributed by atoms with van der Waals surface area (Å²) in [6, 6.07) is 0. The molecule has 1 amide bonds. The molecular formula is C12H19NO3. The molecule has 0 aromatic carbocycles. The van der Waals surface area contributed by atoms with Gasteiger partial charge in [0.05, 0.1) is 6.61 Å². The Bertz CT molecular complexity index is 263. The van der Waals surface area contributed by atoms with Crippen LogP contribution in [0.5, 0.6) is 0 Å². The average molecular weight is 225 g/mol. The lowest BCUT2D eigenvalue weighted by atomic mass is 10.2. The second-order valence-corrected chi connectivity index (χ2v) is 3.92. The van der Waals surface area contributed by atoms with E-state index in [0.29, 0.717) is 13.0 Å². The Hall–Kier alpha value is -1.32. The predicted octanol–water partition coefficient (Wildman–Crippen LogP) is 1.51. The van der Waals surface area contributed by atoms with Gasteiger partial charge >= 0.3 is 5.97 Å². The summed E-state index contributed by atoms with van der Waals surface area (Å²) in [6.45, 7) is 5.51. The van der Waals surface area contributed by atoms with Gasteiger partial charge in [-0.25, -0.2) is 4.79 Å². The molecule has 0 aromatic rings. The predicted molar refractivity (Wildman–Crippen MR) is 60.8 cm³/mol. The maximum absolute atomic E-state index is 11.3. The zero-order valence-corrected chi connectivity index (χ0v) is 9.61. The highest BCUT2D eigenvalue weighted by Crippen LogP contribution is 2.10. The molecule has 0 aliphatic carbocycles. The summed E-state index contributed by atoms with van der Waals surface area (Å²) < 4.78 is 4.85. The number of hydrogen-bond donors (Lipinski definition) is 0. The second-order valence-electron chi connectivity index (χ2n) is 3.92. The van der Waals surface area contributed by atoms with E-state index >= 15 is 0 Å². The lowest BCUT2D eigenvalue weighted by Gasteiger charge is -2.14. The molecule has 1 fully saturated rings. The van der Waals surface area contributed by atoms with Crippen molar-refractivity contribution in [2.45, 2.75) is 32.1 Å². The smallest absolute Gasteiger partial charge is 0.330 e. The van der Waals surface area contributed by atoms with Gasteiger partial charge in [-0.15, -0.1) is 0 Å². The van der Waals surface area contributed by atoms with Crippen LogP contribution in [-0.2, 0) is 14.3 Å². The number of nitrogens with zero attached hydrogens (tertiary/aromatic N) is 1. The molecule has 90 valence electrons. The molecule has 1 saturated heterocycles. The van der Waals surface area contributed by atoms with Crippen molar-refractivity contribution in [2.24, 2.45) is 0 Å². The molecule has 0 radical (unpaired) electrons. The van der Waals surface area contributed by atoms with Gasteiger partial charge in [0.25, 0.3) is 0 Å². The summed E-state index contributed by atoms with van der Waals surface area (Å²) in [4.78, 5) is 23.9. The van der Waals surface area contributed by atoms with Crippen LogP contribution in [0.3, 0.4) is 0 Å². The van der Waals surface area contributed by atoms with Crippen LogP contribution in [0.25, 0.3) is 0 Å². The zero-order valence-electron chi connectivity index (χ0n) is 9.61. The third-order valence-electron chi connectivity index (χ3n) is 2.65. The van der Waals surface area contributed by atoms with Crippen LogP contribution in [-0.4, -0.2) is 36.5 Å². The number of carbonyl (C=O) groups excluding carboxylic acids is 2. The van der Waals surface area contributed by atoms with E-state index in [1.54, 1.807) is 0 Å². The topological polar surface area (TPSA) is 46.6 Å². The SMILES string of the molecule is C=CC(=O)OCCCCCN1CCCC1=O. The highest BCUT2D eigenvalue weighted by Gasteiger charge is 2.18. The molecule has 1 rings (SSSR count). The van der Waals surface area contributed by atoms with E-state index in [9.17, 15) is 9.59 Å². The molecule has 1 heterocycles. The first-order chi connectivity index (χ1) is 7.74. The summed E-state index contributed by atoms with van der Waals surface area (Å²) in [5, 5.41) is 0. The summed E-state index contributed by atoms with van der Waals surface area (Å²) in [5.41, 5.74) is 0. The highest BCUT2D eigenvalue weighted by atomic mass is 16.5. The number of amides is 1. The lowest BCUT2D eigenvalue weighted by molar-refractivity contribution is -0.137. The van der Waals surface area contributed by atoms with Crippen molar-refractivity contribution in [3.63, 3.8) is 0 Å². The Kier molecular flexibility index (Phi) is 5.61. The van der Waals surface area contributed by atoms with Crippen molar-refractivity contribution in [2.75, 3.05) is 19.7 Å². The van der Waals surface area contributed by atoms with Gasteiger partial charge in [0.15, 0.2) is 0 Å². The van der Waals surface area contributed by atoms with E-state index in [-0.39, 0.29) is 11.9 Å².